The van der Waals surface area contributed by atoms with Crippen LogP contribution in [0.2, 0.25) is 0 Å². The number of nitrogens with one attached hydrogen (secondary N) is 1. The van der Waals surface area contributed by atoms with Gasteiger partial charge >= 0.3 is 29.6 Å². The van der Waals surface area contributed by atoms with Gasteiger partial charge in [0.2, 0.25) is 0 Å². The Balaban J connectivity index is -0.000000245. The van der Waals surface area contributed by atoms with E-state index in [0.29, 0.717) is 0 Å². The van der Waals surface area contributed by atoms with Crippen molar-refractivity contribution >= 4 is 28.3 Å². The maximum Gasteiger partial charge on any atom is 1.00 e. The van der Waals surface area contributed by atoms with Gasteiger partial charge in [-0.1, -0.05) is 30.9 Å². The van der Waals surface area contributed by atoms with Crippen molar-refractivity contribution in [2.45, 2.75) is 13.8 Å². The number of hydrogen-bond donors (Lipinski definition) is 1. The van der Waals surface area contributed by atoms with E-state index >= 15 is 0 Å². The Morgan fingerprint density at radius 1 is 1.67 bits per heavy atom. The third-order valence-electron chi connectivity index (χ3n) is 0.597. The Labute approximate surface area is 90.1 Å². The Morgan fingerprint density at radius 2 is 2.22 bits per heavy atom. The van der Waals surface area contributed by atoms with E-state index in [1.54, 1.807) is 11.8 Å². The molecule has 0 bridgehead atoms. The molecular weight excluding hydrogens is 161 g/mol. The molecule has 1 nitrogen and oxygen atoms in total. The quantitative estimate of drug-likeness (QED) is 0.414. The van der Waals surface area contributed by atoms with Crippen LogP contribution in [0.4, 0.5) is 0 Å². The van der Waals surface area contributed by atoms with Gasteiger partial charge in [-0.3, -0.25) is 0 Å². The van der Waals surface area contributed by atoms with Crippen molar-refractivity contribution in [1.82, 2.24) is 5.32 Å². The molecular formula is C5H12NNaS2. The average Bonchev–Trinajstić information content (AvgIpc) is 1.68. The van der Waals surface area contributed by atoms with Gasteiger partial charge in [0.05, 0.1) is 0 Å². The van der Waals surface area contributed by atoms with Crippen LogP contribution in [0, 0.1) is 0 Å². The molecule has 4 heteroatoms. The van der Waals surface area contributed by atoms with Gasteiger partial charge in [0.15, 0.2) is 0 Å². The van der Waals surface area contributed by atoms with Crippen LogP contribution < -0.4 is 34.9 Å². The maximum atomic E-state index is 4.90. The molecule has 0 radical (unpaired) electrons. The van der Waals surface area contributed by atoms with Crippen LogP contribution >= 0.6 is 24.0 Å². The van der Waals surface area contributed by atoms with Crippen molar-refractivity contribution in [2.75, 3.05) is 12.3 Å². The molecule has 0 aliphatic carbocycles. The first kappa shape index (κ1) is 12.9. The summed E-state index contributed by atoms with van der Waals surface area (Å²) >= 11 is 6.58. The molecule has 0 rings (SSSR count). The molecule has 0 aliphatic rings. The summed E-state index contributed by atoms with van der Waals surface area (Å²) in [6, 6.07) is 0. The Kier molecular flexibility index (Phi) is 13.2. The normalized spacial score (nSPS) is 7.78. The summed E-state index contributed by atoms with van der Waals surface area (Å²) in [4.78, 5) is 0. The fourth-order valence-electron chi connectivity index (χ4n) is 0.326. The van der Waals surface area contributed by atoms with E-state index in [0.717, 1.165) is 16.6 Å². The van der Waals surface area contributed by atoms with Crippen LogP contribution in [-0.4, -0.2) is 16.6 Å². The smallest absolute Gasteiger partial charge is 1.00 e. The second-order valence-corrected chi connectivity index (χ2v) is 3.19. The Hall–Kier alpha value is 1.24. The molecule has 0 heterocycles. The molecule has 0 fully saturated rings. The minimum atomic E-state index is 0. The first-order chi connectivity index (χ1) is 3.81. The Bertz CT molecular complexity index is 74.0. The second-order valence-electron chi connectivity index (χ2n) is 1.25. The minimum absolute atomic E-state index is 0. The zero-order valence-corrected chi connectivity index (χ0v) is 9.86. The van der Waals surface area contributed by atoms with Crippen molar-refractivity contribution in [1.29, 1.82) is 0 Å². The summed E-state index contributed by atoms with van der Waals surface area (Å²) in [6.07, 6.45) is 0. The second kappa shape index (κ2) is 9.24. The third kappa shape index (κ3) is 9.24. The molecule has 0 saturated heterocycles. The van der Waals surface area contributed by atoms with E-state index in [9.17, 15) is 0 Å². The number of hydrogen-bond acceptors (Lipinski definition) is 2. The summed E-state index contributed by atoms with van der Waals surface area (Å²) in [5.74, 6) is 1.06. The Morgan fingerprint density at radius 3 is 2.56 bits per heavy atom. The van der Waals surface area contributed by atoms with Gasteiger partial charge in [0.1, 0.15) is 4.32 Å². The first-order valence-corrected chi connectivity index (χ1v) is 4.11. The molecule has 0 aromatic carbocycles. The van der Waals surface area contributed by atoms with Crippen LogP contribution in [0.25, 0.3) is 0 Å². The predicted molar refractivity (Wildman–Crippen MR) is 45.5 cm³/mol. The van der Waals surface area contributed by atoms with Gasteiger partial charge in [-0.05, 0) is 12.7 Å². The van der Waals surface area contributed by atoms with Crippen LogP contribution in [-0.2, 0) is 0 Å². The molecule has 0 aromatic rings. The van der Waals surface area contributed by atoms with Gasteiger partial charge in [-0.2, -0.15) is 0 Å². The molecule has 50 valence electrons. The summed E-state index contributed by atoms with van der Waals surface area (Å²) < 4.78 is 0.912. The summed E-state index contributed by atoms with van der Waals surface area (Å²) in [5, 5.41) is 3.04. The van der Waals surface area contributed by atoms with Gasteiger partial charge in [-0.15, -0.1) is 0 Å². The largest absolute Gasteiger partial charge is 1.00 e. The van der Waals surface area contributed by atoms with E-state index in [-0.39, 0.29) is 31.0 Å². The predicted octanol–water partition coefficient (Wildman–Crippen LogP) is -1.25. The maximum absolute atomic E-state index is 4.90. The van der Waals surface area contributed by atoms with Crippen LogP contribution in [0.1, 0.15) is 15.3 Å². The fraction of sp³-hybridized carbons (Fsp3) is 0.800. The van der Waals surface area contributed by atoms with E-state index in [4.69, 9.17) is 12.2 Å². The molecule has 0 amide bonds. The van der Waals surface area contributed by atoms with Crippen molar-refractivity contribution in [3.63, 3.8) is 0 Å². The van der Waals surface area contributed by atoms with Gasteiger partial charge in [0.25, 0.3) is 0 Å². The van der Waals surface area contributed by atoms with Gasteiger partial charge < -0.3 is 6.74 Å². The first-order valence-electron chi connectivity index (χ1n) is 2.71. The monoisotopic (exact) mass is 173 g/mol. The molecule has 0 aromatic heterocycles. The zero-order chi connectivity index (χ0) is 6.41. The van der Waals surface area contributed by atoms with Crippen LogP contribution in [0.15, 0.2) is 0 Å². The standard InChI is InChI=1S/C5H11NS2.Na.H/c1-3-6-5(7)8-4-2;;/h3-4H2,1-2H3,(H,6,7);;/q;+1;-1. The number of thioether (sulfide) groups is 1. The fourth-order valence-corrected chi connectivity index (χ4v) is 1.33. The van der Waals surface area contributed by atoms with Gasteiger partial charge in [0, 0.05) is 6.54 Å². The number of thiocarbonyl (C=S) groups is 1. The molecule has 0 spiro atoms. The molecule has 0 unspecified atom stereocenters. The summed E-state index contributed by atoms with van der Waals surface area (Å²) in [6.45, 7) is 5.07. The third-order valence-corrected chi connectivity index (χ3v) is 1.79. The summed E-state index contributed by atoms with van der Waals surface area (Å²) in [5.41, 5.74) is 0. The van der Waals surface area contributed by atoms with Crippen LogP contribution in [0.3, 0.4) is 0 Å². The van der Waals surface area contributed by atoms with Crippen molar-refractivity contribution in [3.05, 3.63) is 0 Å². The number of rotatable bonds is 2. The molecule has 0 aliphatic heterocycles. The summed E-state index contributed by atoms with van der Waals surface area (Å²) in [7, 11) is 0. The zero-order valence-electron chi connectivity index (χ0n) is 7.23. The van der Waals surface area contributed by atoms with Crippen molar-refractivity contribution in [2.24, 2.45) is 0 Å². The molecule has 9 heavy (non-hydrogen) atoms. The van der Waals surface area contributed by atoms with Crippen molar-refractivity contribution < 1.29 is 31.0 Å². The molecule has 1 N–H and O–H groups in total. The minimum Gasteiger partial charge on any atom is -1.00 e. The van der Waals surface area contributed by atoms with Gasteiger partial charge in [-0.25, -0.2) is 0 Å². The van der Waals surface area contributed by atoms with E-state index in [1.165, 1.54) is 0 Å². The molecule has 0 atom stereocenters. The van der Waals surface area contributed by atoms with E-state index in [2.05, 4.69) is 12.2 Å². The van der Waals surface area contributed by atoms with E-state index in [1.807, 2.05) is 6.92 Å². The van der Waals surface area contributed by atoms with Crippen molar-refractivity contribution in [3.8, 4) is 0 Å². The van der Waals surface area contributed by atoms with E-state index < -0.39 is 0 Å². The average molecular weight is 173 g/mol. The SMILES string of the molecule is CCNC(=S)SCC.[H-].[Na+]. The molecule has 0 saturated carbocycles. The topological polar surface area (TPSA) is 12.0 Å². The van der Waals surface area contributed by atoms with Crippen LogP contribution in [0.5, 0.6) is 0 Å².